The van der Waals surface area contributed by atoms with Crippen LogP contribution in [-0.4, -0.2) is 75.5 Å². The van der Waals surface area contributed by atoms with E-state index in [1.54, 1.807) is 11.3 Å². The van der Waals surface area contributed by atoms with Crippen LogP contribution in [0.5, 0.6) is 5.75 Å². The van der Waals surface area contributed by atoms with Gasteiger partial charge in [-0.05, 0) is 31.2 Å². The maximum Gasteiger partial charge on any atom is 0.241 e. The van der Waals surface area contributed by atoms with E-state index in [1.807, 2.05) is 49.4 Å². The molecule has 3 heterocycles. The molecule has 1 N–H and O–H groups in total. The topological polar surface area (TPSA) is 87.8 Å². The molecular weight excluding hydrogens is 474 g/mol. The third-order valence-corrected chi connectivity index (χ3v) is 6.94. The Balaban J connectivity index is 1.06. The van der Waals surface area contributed by atoms with E-state index in [1.165, 1.54) is 0 Å². The van der Waals surface area contributed by atoms with Gasteiger partial charge in [0.2, 0.25) is 11.7 Å². The summed E-state index contributed by atoms with van der Waals surface area (Å²) < 4.78 is 12.4. The molecule has 1 atom stereocenters. The highest BCUT2D eigenvalue weighted by Gasteiger charge is 2.21. The summed E-state index contributed by atoms with van der Waals surface area (Å²) in [6, 6.07) is 13.3. The van der Waals surface area contributed by atoms with Crippen molar-refractivity contribution in [2.24, 2.45) is 0 Å². The molecule has 1 aliphatic heterocycles. The Morgan fingerprint density at radius 3 is 2.76 bits per heavy atom. The Bertz CT molecular complexity index is 1250. The highest BCUT2D eigenvalue weighted by atomic mass is 35.5. The summed E-state index contributed by atoms with van der Waals surface area (Å²) >= 11 is 7.72. The van der Waals surface area contributed by atoms with Gasteiger partial charge in [0, 0.05) is 49.4 Å². The standard InChI is InChI=1S/C24H26ClN5O3S/c1-16-26-21-12-20(5-6-22(21)34-16)32-15-19(31)13-29-7-9-30(10-8-29)14-23-27-24(28-33-23)17-3-2-4-18(25)11-17/h2-6,11-12,19,31H,7-10,13-15H2,1H3/t19-/m0/s1. The molecule has 0 unspecified atom stereocenters. The van der Waals surface area contributed by atoms with Crippen LogP contribution in [0.25, 0.3) is 21.6 Å². The van der Waals surface area contributed by atoms with Gasteiger partial charge < -0.3 is 14.4 Å². The van der Waals surface area contributed by atoms with E-state index in [9.17, 15) is 5.11 Å². The zero-order valence-corrected chi connectivity index (χ0v) is 20.4. The van der Waals surface area contributed by atoms with E-state index < -0.39 is 6.10 Å². The van der Waals surface area contributed by atoms with Gasteiger partial charge in [0.1, 0.15) is 18.5 Å². The maximum absolute atomic E-state index is 10.5. The molecule has 1 saturated heterocycles. The van der Waals surface area contributed by atoms with Crippen LogP contribution in [0.4, 0.5) is 0 Å². The molecular formula is C24H26ClN5O3S. The Morgan fingerprint density at radius 1 is 1.12 bits per heavy atom. The average molecular weight is 500 g/mol. The number of fused-ring (bicyclic) bond motifs is 1. The van der Waals surface area contributed by atoms with Crippen molar-refractivity contribution in [3.63, 3.8) is 0 Å². The summed E-state index contributed by atoms with van der Waals surface area (Å²) in [5.74, 6) is 1.87. The van der Waals surface area contributed by atoms with Crippen molar-refractivity contribution < 1.29 is 14.4 Å². The summed E-state index contributed by atoms with van der Waals surface area (Å²) in [6.07, 6.45) is -0.560. The summed E-state index contributed by atoms with van der Waals surface area (Å²) in [7, 11) is 0. The smallest absolute Gasteiger partial charge is 0.241 e. The van der Waals surface area contributed by atoms with Gasteiger partial charge in [0.05, 0.1) is 21.8 Å². The first-order valence-electron chi connectivity index (χ1n) is 11.2. The fraction of sp³-hybridized carbons (Fsp3) is 0.375. The third-order valence-electron chi connectivity index (χ3n) is 5.75. The number of ether oxygens (including phenoxy) is 1. The van der Waals surface area contributed by atoms with Crippen LogP contribution < -0.4 is 4.74 Å². The number of benzene rings is 2. The van der Waals surface area contributed by atoms with Crippen LogP contribution in [0.15, 0.2) is 47.0 Å². The Labute approximate surface area is 206 Å². The van der Waals surface area contributed by atoms with Gasteiger partial charge in [0.15, 0.2) is 0 Å². The molecule has 178 valence electrons. The lowest BCUT2D eigenvalue weighted by Gasteiger charge is -2.34. The molecule has 0 aliphatic carbocycles. The number of rotatable bonds is 8. The predicted molar refractivity (Wildman–Crippen MR) is 132 cm³/mol. The number of hydrogen-bond donors (Lipinski definition) is 1. The second-order valence-electron chi connectivity index (χ2n) is 8.43. The van der Waals surface area contributed by atoms with Crippen LogP contribution in [0.2, 0.25) is 5.02 Å². The van der Waals surface area contributed by atoms with Crippen molar-refractivity contribution in [1.82, 2.24) is 24.9 Å². The second kappa shape index (κ2) is 10.4. The average Bonchev–Trinajstić information content (AvgIpc) is 3.44. The van der Waals surface area contributed by atoms with Crippen LogP contribution in [0.1, 0.15) is 10.9 Å². The number of nitrogens with zero attached hydrogens (tertiary/aromatic N) is 5. The molecule has 2 aromatic heterocycles. The number of aromatic nitrogens is 3. The highest BCUT2D eigenvalue weighted by molar-refractivity contribution is 7.18. The molecule has 0 saturated carbocycles. The monoisotopic (exact) mass is 499 g/mol. The number of hydrogen-bond acceptors (Lipinski definition) is 9. The molecule has 10 heteroatoms. The fourth-order valence-electron chi connectivity index (χ4n) is 4.04. The molecule has 5 rings (SSSR count). The molecule has 4 aromatic rings. The van der Waals surface area contributed by atoms with E-state index in [4.69, 9.17) is 20.9 Å². The summed E-state index contributed by atoms with van der Waals surface area (Å²) in [4.78, 5) is 13.5. The second-order valence-corrected chi connectivity index (χ2v) is 10.1. The molecule has 1 aliphatic rings. The minimum atomic E-state index is -0.560. The van der Waals surface area contributed by atoms with E-state index in [0.717, 1.165) is 52.7 Å². The van der Waals surface area contributed by atoms with E-state index in [2.05, 4.69) is 24.9 Å². The summed E-state index contributed by atoms with van der Waals surface area (Å²) in [5.41, 5.74) is 1.77. The number of aryl methyl sites for hydroxylation is 1. The molecule has 2 aromatic carbocycles. The number of halogens is 1. The zero-order valence-electron chi connectivity index (χ0n) is 18.9. The molecule has 0 bridgehead atoms. The SMILES string of the molecule is Cc1nc2cc(OC[C@@H](O)CN3CCN(Cc4nc(-c5cccc(Cl)c5)no4)CC3)ccc2s1. The zero-order chi connectivity index (χ0) is 23.5. The van der Waals surface area contributed by atoms with Gasteiger partial charge in [-0.15, -0.1) is 11.3 Å². The molecule has 0 spiro atoms. The first kappa shape index (κ1) is 23.2. The molecule has 34 heavy (non-hydrogen) atoms. The van der Waals surface area contributed by atoms with Crippen molar-refractivity contribution in [1.29, 1.82) is 0 Å². The van der Waals surface area contributed by atoms with Crippen molar-refractivity contribution in [2.75, 3.05) is 39.3 Å². The quantitative estimate of drug-likeness (QED) is 0.391. The number of aliphatic hydroxyl groups is 1. The Hall–Kier alpha value is -2.56. The first-order chi connectivity index (χ1) is 16.5. The van der Waals surface area contributed by atoms with Gasteiger partial charge in [-0.1, -0.05) is 28.9 Å². The molecule has 0 amide bonds. The lowest BCUT2D eigenvalue weighted by Crippen LogP contribution is -2.48. The van der Waals surface area contributed by atoms with Gasteiger partial charge in [0.25, 0.3) is 0 Å². The van der Waals surface area contributed by atoms with Crippen molar-refractivity contribution in [3.05, 3.63) is 58.4 Å². The van der Waals surface area contributed by atoms with Crippen molar-refractivity contribution in [2.45, 2.75) is 19.6 Å². The number of thiazole rings is 1. The normalized spacial score (nSPS) is 16.2. The minimum absolute atomic E-state index is 0.253. The van der Waals surface area contributed by atoms with Crippen LogP contribution >= 0.6 is 22.9 Å². The lowest BCUT2D eigenvalue weighted by molar-refractivity contribution is 0.0426. The van der Waals surface area contributed by atoms with Crippen LogP contribution in [0.3, 0.4) is 0 Å². The molecule has 0 radical (unpaired) electrons. The van der Waals surface area contributed by atoms with Gasteiger partial charge >= 0.3 is 0 Å². The largest absolute Gasteiger partial charge is 0.491 e. The third kappa shape index (κ3) is 5.73. The Kier molecular flexibility index (Phi) is 7.07. The molecule has 8 nitrogen and oxygen atoms in total. The van der Waals surface area contributed by atoms with E-state index in [-0.39, 0.29) is 6.61 Å². The fourth-order valence-corrected chi connectivity index (χ4v) is 5.04. The van der Waals surface area contributed by atoms with Crippen molar-refractivity contribution in [3.8, 4) is 17.1 Å². The van der Waals surface area contributed by atoms with Crippen LogP contribution in [-0.2, 0) is 6.54 Å². The number of β-amino-alcohol motifs (C(OH)–C–C–N with tert-alkyl or cyclic N) is 1. The van der Waals surface area contributed by atoms with Gasteiger partial charge in [-0.2, -0.15) is 4.98 Å². The lowest BCUT2D eigenvalue weighted by atomic mass is 10.2. The first-order valence-corrected chi connectivity index (χ1v) is 12.4. The number of aliphatic hydroxyl groups excluding tert-OH is 1. The minimum Gasteiger partial charge on any atom is -0.491 e. The summed E-state index contributed by atoms with van der Waals surface area (Å²) in [5, 5.41) is 16.2. The maximum atomic E-state index is 10.5. The van der Waals surface area contributed by atoms with Crippen LogP contribution in [0, 0.1) is 6.92 Å². The van der Waals surface area contributed by atoms with E-state index >= 15 is 0 Å². The molecule has 1 fully saturated rings. The Morgan fingerprint density at radius 2 is 1.94 bits per heavy atom. The summed E-state index contributed by atoms with van der Waals surface area (Å²) in [6.45, 7) is 6.87. The predicted octanol–water partition coefficient (Wildman–Crippen LogP) is 3.87. The van der Waals surface area contributed by atoms with Gasteiger partial charge in [-0.3, -0.25) is 9.80 Å². The van der Waals surface area contributed by atoms with Gasteiger partial charge in [-0.25, -0.2) is 4.98 Å². The number of piperazine rings is 1. The highest BCUT2D eigenvalue weighted by Crippen LogP contribution is 2.25. The van der Waals surface area contributed by atoms with Crippen molar-refractivity contribution >= 4 is 33.2 Å². The van der Waals surface area contributed by atoms with E-state index in [0.29, 0.717) is 29.8 Å².